The topological polar surface area (TPSA) is 64.3 Å². The molecule has 0 amide bonds. The standard InChI is InChI=1S/C9H7.C4H10N.C2H6O2.CH3.CH2.2ClH.Ti/c1-2-5-9-7-3-6-8(9)4-1;1-4(2,3)5;3-1-2-4;;;;;/h1-7H;5H,1-3H3;3-4H,1-2H2;1H3;1H2;2*1H;/q2*-1;;-1;;;;+2/p-2. The van der Waals surface area contributed by atoms with Gasteiger partial charge < -0.3 is 23.4 Å². The number of aliphatic hydroxyl groups is 2. The molecule has 2 aromatic carbocycles. The molecule has 0 radical (unpaired) electrons. The molecule has 0 atom stereocenters. The molecule has 0 fully saturated rings. The molecular weight excluding hydrogens is 369 g/mol. The maximum atomic E-state index is 7.62. The zero-order valence-electron chi connectivity index (χ0n) is 14.3. The van der Waals surface area contributed by atoms with Crippen LogP contribution in [0.5, 0.6) is 0 Å². The summed E-state index contributed by atoms with van der Waals surface area (Å²) in [5.74, 6) is 0. The zero-order valence-corrected chi connectivity index (χ0v) is 17.4. The van der Waals surface area contributed by atoms with Crippen molar-refractivity contribution in [2.24, 2.45) is 0 Å². The van der Waals surface area contributed by atoms with Crippen molar-refractivity contribution in [2.75, 3.05) is 13.2 Å². The third-order valence-corrected chi connectivity index (χ3v) is 1.65. The average Bonchev–Trinajstić information content (AvgIpc) is 2.84. The summed E-state index contributed by atoms with van der Waals surface area (Å²) in [6, 6.07) is 14.7. The Kier molecular flexibility index (Phi) is 20.1. The molecule has 3 N–H and O–H groups in total. The number of hydrogen-bond acceptors (Lipinski definition) is 2. The molecule has 134 valence electrons. The number of benzene rings is 1. The summed E-state index contributed by atoms with van der Waals surface area (Å²) in [6.45, 7) is 5.31. The van der Waals surface area contributed by atoms with Gasteiger partial charge in [-0.15, -0.1) is 35.2 Å². The van der Waals surface area contributed by atoms with Crippen molar-refractivity contribution in [3.05, 3.63) is 55.6 Å². The van der Waals surface area contributed by atoms with E-state index in [-0.39, 0.29) is 26.2 Å². The van der Waals surface area contributed by atoms with E-state index in [9.17, 15) is 0 Å². The van der Waals surface area contributed by atoms with Crippen molar-refractivity contribution in [1.29, 1.82) is 0 Å². The van der Waals surface area contributed by atoms with E-state index in [1.165, 1.54) is 10.8 Å². The Morgan fingerprint density at radius 1 is 1.13 bits per heavy atom. The normalized spacial score (nSPS) is 9.04. The molecule has 2 rings (SSSR count). The van der Waals surface area contributed by atoms with Crippen LogP contribution < -0.4 is 0 Å². The van der Waals surface area contributed by atoms with Crippen molar-refractivity contribution in [1.82, 2.24) is 0 Å². The van der Waals surface area contributed by atoms with Gasteiger partial charge in [0, 0.05) is 0 Å². The second-order valence-electron chi connectivity index (χ2n) is 5.19. The van der Waals surface area contributed by atoms with Gasteiger partial charge in [-0.1, -0.05) is 26.8 Å². The first-order chi connectivity index (χ1) is 10.1. The fourth-order valence-corrected chi connectivity index (χ4v) is 1.07. The SMILES string of the molecule is CC(C)(C)[NH-].OCCO.[CH2]=[Ti]([Cl])[Cl].[CH3-].c1ccc2[cH-]ccc2c1. The van der Waals surface area contributed by atoms with E-state index in [2.05, 4.69) is 47.3 Å². The molecule has 2 aromatic rings. The minimum atomic E-state index is -1.64. The molecule has 0 saturated carbocycles. The third-order valence-electron chi connectivity index (χ3n) is 1.65. The van der Waals surface area contributed by atoms with E-state index in [0.717, 1.165) is 0 Å². The molecular formula is C17H28Cl2NO2Ti-3. The van der Waals surface area contributed by atoms with Crippen LogP contribution in [0.4, 0.5) is 0 Å². The van der Waals surface area contributed by atoms with Crippen molar-refractivity contribution >= 4 is 34.2 Å². The summed E-state index contributed by atoms with van der Waals surface area (Å²) >= 11 is -1.64. The van der Waals surface area contributed by atoms with Gasteiger partial charge in [0.2, 0.25) is 0 Å². The Bertz CT molecular complexity index is 468. The molecule has 0 bridgehead atoms. The molecule has 0 spiro atoms. The smallest absolute Gasteiger partial charge is 0.0809 e. The summed E-state index contributed by atoms with van der Waals surface area (Å²) in [7, 11) is 10.2. The number of fused-ring (bicyclic) bond motifs is 1. The molecule has 6 heteroatoms. The van der Waals surface area contributed by atoms with Gasteiger partial charge in [0.15, 0.2) is 0 Å². The zero-order chi connectivity index (χ0) is 17.6. The largest absolute Gasteiger partial charge is 0.358 e. The van der Waals surface area contributed by atoms with Gasteiger partial charge in [0.25, 0.3) is 0 Å². The van der Waals surface area contributed by atoms with E-state index < -0.39 is 15.3 Å². The minimum absolute atomic E-state index is 0. The third kappa shape index (κ3) is 27.0. The van der Waals surface area contributed by atoms with Gasteiger partial charge in [-0.2, -0.15) is 17.5 Å². The van der Waals surface area contributed by atoms with E-state index in [1.54, 1.807) is 0 Å². The molecule has 3 nitrogen and oxygen atoms in total. The fourth-order valence-electron chi connectivity index (χ4n) is 1.07. The van der Waals surface area contributed by atoms with Crippen molar-refractivity contribution in [3.8, 4) is 0 Å². The van der Waals surface area contributed by atoms with Crippen LogP contribution in [0.15, 0.2) is 42.5 Å². The molecule has 23 heavy (non-hydrogen) atoms. The predicted octanol–water partition coefficient (Wildman–Crippen LogP) is 5.16. The Hall–Kier alpha value is -0.126. The van der Waals surface area contributed by atoms with E-state index in [4.69, 9.17) is 34.6 Å². The number of aliphatic hydroxyl groups excluding tert-OH is 2. The van der Waals surface area contributed by atoms with Crippen LogP contribution in [0.1, 0.15) is 20.8 Å². The number of rotatable bonds is 1. The van der Waals surface area contributed by atoms with Gasteiger partial charge in [-0.3, -0.25) is 0 Å². The Morgan fingerprint density at radius 3 is 1.87 bits per heavy atom. The van der Waals surface area contributed by atoms with E-state index >= 15 is 0 Å². The monoisotopic (exact) mass is 396 g/mol. The number of halogens is 2. The van der Waals surface area contributed by atoms with Gasteiger partial charge in [0.1, 0.15) is 0 Å². The van der Waals surface area contributed by atoms with Crippen molar-refractivity contribution < 1.29 is 25.5 Å². The van der Waals surface area contributed by atoms with Crippen LogP contribution in [0.25, 0.3) is 16.5 Å². The molecule has 0 aliphatic rings. The number of nitrogens with one attached hydrogen (secondary N) is 1. The summed E-state index contributed by atoms with van der Waals surface area (Å²) in [5.41, 5.74) is 6.69. The summed E-state index contributed by atoms with van der Waals surface area (Å²) in [6.07, 6.45) is 0. The summed E-state index contributed by atoms with van der Waals surface area (Å²) in [5, 5.41) is 17.9. The maximum absolute atomic E-state index is 7.62. The van der Waals surface area contributed by atoms with Crippen molar-refractivity contribution in [3.63, 3.8) is 0 Å². The van der Waals surface area contributed by atoms with E-state index in [1.807, 2.05) is 20.8 Å². The molecule has 0 heterocycles. The van der Waals surface area contributed by atoms with Crippen LogP contribution in [-0.2, 0) is 15.3 Å². The van der Waals surface area contributed by atoms with Crippen LogP contribution in [0.3, 0.4) is 0 Å². The van der Waals surface area contributed by atoms with E-state index in [0.29, 0.717) is 0 Å². The van der Waals surface area contributed by atoms with Crippen molar-refractivity contribution in [2.45, 2.75) is 26.3 Å². The molecule has 0 aromatic heterocycles. The Morgan fingerprint density at radius 2 is 1.52 bits per heavy atom. The minimum Gasteiger partial charge on any atom is -0.358 e. The molecule has 0 aliphatic heterocycles. The fraction of sp³-hybridized carbons (Fsp3) is 0.353. The second-order valence-corrected chi connectivity index (χ2v) is 10.8. The van der Waals surface area contributed by atoms with Crippen LogP contribution in [0.2, 0.25) is 0 Å². The molecule has 0 saturated heterocycles. The van der Waals surface area contributed by atoms with Crippen LogP contribution in [0, 0.1) is 7.43 Å². The number of hydrogen-bond donors (Lipinski definition) is 2. The van der Waals surface area contributed by atoms with Gasteiger partial charge in [-0.05, 0) is 0 Å². The Labute approximate surface area is 154 Å². The Balaban J connectivity index is -0.000000250. The predicted molar refractivity (Wildman–Crippen MR) is 103 cm³/mol. The first-order valence-electron chi connectivity index (χ1n) is 6.69. The quantitative estimate of drug-likeness (QED) is 0.516. The first-order valence-corrected chi connectivity index (χ1v) is 12.1. The van der Waals surface area contributed by atoms with Crippen LogP contribution in [-0.4, -0.2) is 33.8 Å². The maximum Gasteiger partial charge on any atom is -0.0809 e. The van der Waals surface area contributed by atoms with Crippen LogP contribution >= 0.6 is 18.6 Å². The molecule has 0 unspecified atom stereocenters. The summed E-state index contributed by atoms with van der Waals surface area (Å²) in [4.78, 5) is 3.34. The van der Waals surface area contributed by atoms with Gasteiger partial charge in [0.05, 0.1) is 13.2 Å². The molecule has 0 aliphatic carbocycles. The van der Waals surface area contributed by atoms with Gasteiger partial charge >= 0.3 is 38.7 Å². The second kappa shape index (κ2) is 16.7. The average molecular weight is 397 g/mol. The van der Waals surface area contributed by atoms with Gasteiger partial charge in [-0.25, -0.2) is 0 Å². The summed E-state index contributed by atoms with van der Waals surface area (Å²) < 4.78 is 0. The first kappa shape index (κ1) is 27.7.